The number of halogens is 3. The second-order valence-electron chi connectivity index (χ2n) is 12.9. The number of carbonyl (C=O) groups is 4. The maximum atomic E-state index is 12.3. The number of hydrogen-bond acceptors (Lipinski definition) is 6. The van der Waals surface area contributed by atoms with Crippen molar-refractivity contribution in [2.75, 3.05) is 53.3 Å². The Morgan fingerprint density at radius 1 is 0.709 bits per heavy atom. The number of aryl methyl sites for hydroxylation is 4. The molecular formula is C42H61Cl3N4O6. The van der Waals surface area contributed by atoms with Gasteiger partial charge in [0.2, 0.25) is 23.6 Å². The molecule has 10 nitrogen and oxygen atoms in total. The summed E-state index contributed by atoms with van der Waals surface area (Å²) in [6, 6.07) is 21.8. The molecule has 0 spiro atoms. The highest BCUT2D eigenvalue weighted by Crippen LogP contribution is 2.32. The van der Waals surface area contributed by atoms with Gasteiger partial charge in [0, 0.05) is 32.9 Å². The highest BCUT2D eigenvalue weighted by Gasteiger charge is 2.33. The number of ether oxygens (including phenoxy) is 2. The van der Waals surface area contributed by atoms with Crippen molar-refractivity contribution < 1.29 is 28.7 Å². The summed E-state index contributed by atoms with van der Waals surface area (Å²) in [5.41, 5.74) is 10.9. The molecule has 2 N–H and O–H groups in total. The molecule has 3 aromatic carbocycles. The van der Waals surface area contributed by atoms with Crippen molar-refractivity contribution in [1.29, 1.82) is 0 Å². The summed E-state index contributed by atoms with van der Waals surface area (Å²) < 4.78 is 10.6. The minimum absolute atomic E-state index is 0.0209. The summed E-state index contributed by atoms with van der Waals surface area (Å²) >= 11 is 17.0. The standard InChI is InChI=1S/C15H22ClNO2.C14H20ClNO2.C11H14ClNO.C2H5NO/c1-6-12-9-7-8-11(2)14(12)17(13(18)10-16)15(3,4)19-5;1-4-11-7-6-8-12(5-2)14(11)16(10-18-3)13(17)9-15;1-9(2)13(11(14)8-12)10-6-4-3-5-7-10;1-2(3)4/h7-9H,6,10H2,1-5H3;6-8H,4-5,9-10H2,1-3H3;3-7,9H,8H2,1-2H3;1H3,(H2,3,4). The molecule has 0 radical (unpaired) electrons. The van der Waals surface area contributed by atoms with Gasteiger partial charge in [0.15, 0.2) is 0 Å². The normalized spacial score (nSPS) is 10.5. The van der Waals surface area contributed by atoms with Crippen LogP contribution in [0.1, 0.15) is 77.6 Å². The SMILES string of the molecule is CC(C)N(C(=O)CCl)c1ccccc1.CC(N)=O.CCc1cccc(C)c1N(C(=O)CCl)C(C)(C)OC.CCc1cccc(CC)c1N(COC)C(=O)CCl. The molecule has 4 amide bonds. The Balaban J connectivity index is 0.000000764. The zero-order chi connectivity index (χ0) is 42.3. The van der Waals surface area contributed by atoms with E-state index >= 15 is 0 Å². The first kappa shape index (κ1) is 51.3. The van der Waals surface area contributed by atoms with Gasteiger partial charge in [-0.05, 0) is 88.3 Å². The highest BCUT2D eigenvalue weighted by molar-refractivity contribution is 6.30. The van der Waals surface area contributed by atoms with E-state index in [1.165, 1.54) is 6.92 Å². The van der Waals surface area contributed by atoms with Gasteiger partial charge in [0.05, 0.1) is 11.4 Å². The van der Waals surface area contributed by atoms with Crippen LogP contribution >= 0.6 is 34.8 Å². The van der Waals surface area contributed by atoms with Crippen molar-refractivity contribution in [2.45, 2.75) is 93.3 Å². The third kappa shape index (κ3) is 16.5. The maximum Gasteiger partial charge on any atom is 0.244 e. The number of methoxy groups -OCH3 is 2. The molecule has 0 saturated carbocycles. The smallest absolute Gasteiger partial charge is 0.244 e. The Labute approximate surface area is 344 Å². The van der Waals surface area contributed by atoms with Crippen LogP contribution in [0.5, 0.6) is 0 Å². The van der Waals surface area contributed by atoms with Gasteiger partial charge in [-0.1, -0.05) is 75.4 Å². The van der Waals surface area contributed by atoms with E-state index in [9.17, 15) is 19.2 Å². The monoisotopic (exact) mass is 822 g/mol. The van der Waals surface area contributed by atoms with E-state index in [0.29, 0.717) is 0 Å². The zero-order valence-electron chi connectivity index (χ0n) is 34.4. The number of para-hydroxylation sites is 3. The van der Waals surface area contributed by atoms with Crippen LogP contribution in [-0.2, 0) is 47.9 Å². The van der Waals surface area contributed by atoms with E-state index in [1.807, 2.05) is 101 Å². The zero-order valence-corrected chi connectivity index (χ0v) is 36.6. The molecule has 0 heterocycles. The molecule has 13 heteroatoms. The minimum Gasteiger partial charge on any atom is -0.370 e. The summed E-state index contributed by atoms with van der Waals surface area (Å²) in [6.07, 6.45) is 2.60. The van der Waals surface area contributed by atoms with Crippen molar-refractivity contribution in [1.82, 2.24) is 0 Å². The first-order valence-electron chi connectivity index (χ1n) is 18.2. The van der Waals surface area contributed by atoms with Crippen LogP contribution in [0.25, 0.3) is 0 Å². The fourth-order valence-electron chi connectivity index (χ4n) is 5.58. The van der Waals surface area contributed by atoms with E-state index < -0.39 is 5.72 Å². The van der Waals surface area contributed by atoms with Gasteiger partial charge in [0.25, 0.3) is 0 Å². The second kappa shape index (κ2) is 27.0. The summed E-state index contributed by atoms with van der Waals surface area (Å²) in [6.45, 7) is 17.4. The van der Waals surface area contributed by atoms with Gasteiger partial charge in [-0.3, -0.25) is 29.0 Å². The summed E-state index contributed by atoms with van der Waals surface area (Å²) in [7, 11) is 3.17. The van der Waals surface area contributed by atoms with E-state index in [1.54, 1.807) is 28.9 Å². The molecule has 0 atom stereocenters. The lowest BCUT2D eigenvalue weighted by Gasteiger charge is -2.39. The lowest BCUT2D eigenvalue weighted by atomic mass is 10.0. The summed E-state index contributed by atoms with van der Waals surface area (Å²) in [5, 5.41) is 0. The predicted molar refractivity (Wildman–Crippen MR) is 230 cm³/mol. The maximum absolute atomic E-state index is 12.3. The van der Waals surface area contributed by atoms with Crippen molar-refractivity contribution in [2.24, 2.45) is 5.73 Å². The van der Waals surface area contributed by atoms with Gasteiger partial charge < -0.3 is 20.1 Å². The van der Waals surface area contributed by atoms with Crippen molar-refractivity contribution in [3.63, 3.8) is 0 Å². The number of carbonyl (C=O) groups excluding carboxylic acids is 4. The van der Waals surface area contributed by atoms with Gasteiger partial charge in [-0.2, -0.15) is 0 Å². The molecule has 306 valence electrons. The fourth-order valence-corrected chi connectivity index (χ4v) is 5.97. The predicted octanol–water partition coefficient (Wildman–Crippen LogP) is 8.66. The molecule has 0 aliphatic heterocycles. The first-order valence-corrected chi connectivity index (χ1v) is 19.8. The summed E-state index contributed by atoms with van der Waals surface area (Å²) in [4.78, 5) is 50.0. The lowest BCUT2D eigenvalue weighted by molar-refractivity contribution is -0.121. The van der Waals surface area contributed by atoms with Crippen LogP contribution in [0, 0.1) is 6.92 Å². The molecule has 0 saturated heterocycles. The molecule has 0 aromatic heterocycles. The van der Waals surface area contributed by atoms with Gasteiger partial charge in [0.1, 0.15) is 30.1 Å². The Morgan fingerprint density at radius 3 is 1.53 bits per heavy atom. The molecule has 55 heavy (non-hydrogen) atoms. The number of primary amides is 1. The topological polar surface area (TPSA) is 122 Å². The Kier molecular flexibility index (Phi) is 25.2. The van der Waals surface area contributed by atoms with Crippen LogP contribution in [0.4, 0.5) is 17.1 Å². The molecule has 0 bridgehead atoms. The fraction of sp³-hybridized carbons (Fsp3) is 0.476. The van der Waals surface area contributed by atoms with Gasteiger partial charge in [-0.15, -0.1) is 34.8 Å². The molecule has 0 unspecified atom stereocenters. The number of anilines is 3. The largest absolute Gasteiger partial charge is 0.370 e. The van der Waals surface area contributed by atoms with Crippen LogP contribution < -0.4 is 20.4 Å². The van der Waals surface area contributed by atoms with E-state index in [0.717, 1.165) is 58.6 Å². The van der Waals surface area contributed by atoms with E-state index in [4.69, 9.17) is 44.3 Å². The quantitative estimate of drug-likeness (QED) is 0.128. The third-order valence-corrected chi connectivity index (χ3v) is 8.86. The van der Waals surface area contributed by atoms with Crippen molar-refractivity contribution in [3.05, 3.63) is 89.0 Å². The van der Waals surface area contributed by atoms with Crippen molar-refractivity contribution in [3.8, 4) is 0 Å². The van der Waals surface area contributed by atoms with Crippen molar-refractivity contribution >= 4 is 75.5 Å². The second-order valence-corrected chi connectivity index (χ2v) is 13.7. The lowest BCUT2D eigenvalue weighted by Crippen LogP contribution is -2.50. The highest BCUT2D eigenvalue weighted by atomic mass is 35.5. The third-order valence-electron chi connectivity index (χ3n) is 8.17. The number of nitrogens with two attached hydrogens (primary N) is 1. The van der Waals surface area contributed by atoms with Crippen LogP contribution in [0.15, 0.2) is 66.7 Å². The molecular weight excluding hydrogens is 763 g/mol. The number of alkyl halides is 3. The molecule has 3 aromatic rings. The van der Waals surface area contributed by atoms with Gasteiger partial charge in [-0.25, -0.2) is 0 Å². The van der Waals surface area contributed by atoms with Gasteiger partial charge >= 0.3 is 0 Å². The average molecular weight is 824 g/mol. The molecule has 0 aliphatic carbocycles. The van der Waals surface area contributed by atoms with Crippen LogP contribution in [0.3, 0.4) is 0 Å². The van der Waals surface area contributed by atoms with Crippen LogP contribution in [0.2, 0.25) is 0 Å². The molecule has 3 rings (SSSR count). The minimum atomic E-state index is -0.734. The first-order chi connectivity index (χ1) is 26.0. The number of benzene rings is 3. The number of hydrogen-bond donors (Lipinski definition) is 1. The Morgan fingerprint density at radius 2 is 1.15 bits per heavy atom. The number of amides is 4. The van der Waals surface area contributed by atoms with E-state index in [2.05, 4.69) is 26.5 Å². The number of rotatable bonds is 14. The average Bonchev–Trinajstić information content (AvgIpc) is 3.17. The summed E-state index contributed by atoms with van der Waals surface area (Å²) in [5.74, 6) is -0.762. The Hall–Kier alpha value is -3.67. The molecule has 0 fully saturated rings. The molecule has 0 aliphatic rings. The Bertz CT molecular complexity index is 1600. The van der Waals surface area contributed by atoms with E-state index in [-0.39, 0.29) is 54.0 Å². The number of nitrogens with zero attached hydrogens (tertiary/aromatic N) is 3. The van der Waals surface area contributed by atoms with Crippen LogP contribution in [-0.4, -0.2) is 74.0 Å².